The van der Waals surface area contributed by atoms with Crippen molar-refractivity contribution in [3.8, 4) is 0 Å². The number of hydrogen-bond donors (Lipinski definition) is 1. The lowest BCUT2D eigenvalue weighted by atomic mass is 10.2. The quantitative estimate of drug-likeness (QED) is 0.445. The zero-order chi connectivity index (χ0) is 12.6. The van der Waals surface area contributed by atoms with Gasteiger partial charge in [0.25, 0.3) is 5.91 Å². The first-order chi connectivity index (χ1) is 7.54. The molecule has 0 atom stereocenters. The Bertz CT molecular complexity index is 327. The second kappa shape index (κ2) is 7.79. The Morgan fingerprint density at radius 1 is 1.38 bits per heavy atom. The van der Waals surface area contributed by atoms with Gasteiger partial charge in [0.05, 0.1) is 0 Å². The fraction of sp³-hybridized carbons (Fsp3) is 0.583. The summed E-state index contributed by atoms with van der Waals surface area (Å²) in [6.07, 6.45) is 3.46. The number of amidine groups is 2. The van der Waals surface area contributed by atoms with Crippen LogP contribution in [0, 0.1) is 0 Å². The topological polar surface area (TPSA) is 53.8 Å². The van der Waals surface area contributed by atoms with Crippen LogP contribution in [-0.2, 0) is 4.79 Å². The number of carbonyl (C=O) groups excluding carboxylic acids is 1. The fourth-order valence-corrected chi connectivity index (χ4v) is 0.989. The molecule has 0 saturated carbocycles. The van der Waals surface area contributed by atoms with E-state index in [-0.39, 0.29) is 5.91 Å². The number of aliphatic imine (C=N–C) groups is 2. The van der Waals surface area contributed by atoms with Gasteiger partial charge in [-0.15, -0.1) is 0 Å². The summed E-state index contributed by atoms with van der Waals surface area (Å²) in [5.74, 6) is 1.25. The minimum absolute atomic E-state index is 0.0985. The van der Waals surface area contributed by atoms with E-state index in [1.807, 2.05) is 20.8 Å². The number of carbonyl (C=O) groups is 1. The van der Waals surface area contributed by atoms with Gasteiger partial charge in [-0.25, -0.2) is 4.99 Å². The summed E-state index contributed by atoms with van der Waals surface area (Å²) in [6.45, 7) is 7.47. The summed E-state index contributed by atoms with van der Waals surface area (Å²) < 4.78 is 0. The molecule has 0 radical (unpaired) electrons. The van der Waals surface area contributed by atoms with Crippen molar-refractivity contribution in [1.29, 1.82) is 0 Å². The van der Waals surface area contributed by atoms with Crippen molar-refractivity contribution in [3.05, 3.63) is 11.6 Å². The van der Waals surface area contributed by atoms with Gasteiger partial charge in [0.2, 0.25) is 0 Å². The van der Waals surface area contributed by atoms with Crippen LogP contribution < -0.4 is 5.32 Å². The predicted molar refractivity (Wildman–Crippen MR) is 68.9 cm³/mol. The lowest BCUT2D eigenvalue weighted by Crippen LogP contribution is -2.31. The lowest BCUT2D eigenvalue weighted by molar-refractivity contribution is -0.116. The van der Waals surface area contributed by atoms with E-state index in [0.29, 0.717) is 17.2 Å². The number of allylic oxidation sites excluding steroid dienone is 1. The summed E-state index contributed by atoms with van der Waals surface area (Å²) in [5, 5.41) is 2.80. The maximum absolute atomic E-state index is 11.6. The molecular formula is C12H21N3O. The van der Waals surface area contributed by atoms with Gasteiger partial charge in [0, 0.05) is 19.0 Å². The Morgan fingerprint density at radius 3 is 2.44 bits per heavy atom. The number of rotatable bonds is 3. The minimum Gasteiger partial charge on any atom is -0.310 e. The van der Waals surface area contributed by atoms with E-state index in [1.165, 1.54) is 0 Å². The SMILES string of the molecule is C/C=C(/C)C(=O)NC(CCC)=NC(C)=NC. The van der Waals surface area contributed by atoms with Crippen LogP contribution in [0.25, 0.3) is 0 Å². The van der Waals surface area contributed by atoms with Crippen molar-refractivity contribution in [2.45, 2.75) is 40.5 Å². The van der Waals surface area contributed by atoms with Gasteiger partial charge in [0.1, 0.15) is 11.7 Å². The molecule has 1 N–H and O–H groups in total. The Labute approximate surface area is 97.6 Å². The van der Waals surface area contributed by atoms with Crippen molar-refractivity contribution >= 4 is 17.6 Å². The molecular weight excluding hydrogens is 202 g/mol. The van der Waals surface area contributed by atoms with Crippen LogP contribution in [0.3, 0.4) is 0 Å². The molecule has 4 nitrogen and oxygen atoms in total. The molecule has 0 fully saturated rings. The van der Waals surface area contributed by atoms with E-state index >= 15 is 0 Å². The third-order valence-corrected chi connectivity index (χ3v) is 2.16. The van der Waals surface area contributed by atoms with E-state index in [1.54, 1.807) is 20.0 Å². The molecule has 0 rings (SSSR count). The normalized spacial score (nSPS) is 13.9. The zero-order valence-electron chi connectivity index (χ0n) is 10.8. The monoisotopic (exact) mass is 223 g/mol. The first-order valence-corrected chi connectivity index (χ1v) is 5.50. The average molecular weight is 223 g/mol. The standard InChI is InChI=1S/C12H21N3O/c1-6-8-11(14-10(4)13-5)15-12(16)9(3)7-2/h7H,6,8H2,1-5H3,(H,13,14,15,16)/b9-7-. The first kappa shape index (κ1) is 14.6. The smallest absolute Gasteiger partial charge is 0.251 e. The molecule has 0 aromatic heterocycles. The second-order valence-electron chi connectivity index (χ2n) is 3.51. The second-order valence-corrected chi connectivity index (χ2v) is 3.51. The van der Waals surface area contributed by atoms with Crippen molar-refractivity contribution in [2.24, 2.45) is 9.98 Å². The Morgan fingerprint density at radius 2 is 2.00 bits per heavy atom. The van der Waals surface area contributed by atoms with Crippen LogP contribution in [0.1, 0.15) is 40.5 Å². The van der Waals surface area contributed by atoms with Crippen LogP contribution in [0.15, 0.2) is 21.6 Å². The van der Waals surface area contributed by atoms with Crippen molar-refractivity contribution in [3.63, 3.8) is 0 Å². The van der Waals surface area contributed by atoms with Gasteiger partial charge >= 0.3 is 0 Å². The van der Waals surface area contributed by atoms with Crippen LogP contribution in [0.4, 0.5) is 0 Å². The Hall–Kier alpha value is -1.45. The van der Waals surface area contributed by atoms with E-state index in [9.17, 15) is 4.79 Å². The maximum atomic E-state index is 11.6. The lowest BCUT2D eigenvalue weighted by Gasteiger charge is -2.07. The number of hydrogen-bond acceptors (Lipinski definition) is 2. The summed E-state index contributed by atoms with van der Waals surface area (Å²) in [6, 6.07) is 0. The van der Waals surface area contributed by atoms with Crippen LogP contribution in [-0.4, -0.2) is 24.6 Å². The third kappa shape index (κ3) is 5.44. The minimum atomic E-state index is -0.0985. The molecule has 0 aliphatic rings. The van der Waals surface area contributed by atoms with E-state index in [4.69, 9.17) is 0 Å². The molecule has 90 valence electrons. The van der Waals surface area contributed by atoms with Crippen molar-refractivity contribution in [2.75, 3.05) is 7.05 Å². The highest BCUT2D eigenvalue weighted by Gasteiger charge is 2.06. The molecule has 0 unspecified atom stereocenters. The molecule has 0 heterocycles. The van der Waals surface area contributed by atoms with Crippen LogP contribution in [0.2, 0.25) is 0 Å². The highest BCUT2D eigenvalue weighted by molar-refractivity contribution is 6.08. The van der Waals surface area contributed by atoms with Crippen LogP contribution >= 0.6 is 0 Å². The molecule has 0 saturated heterocycles. The third-order valence-electron chi connectivity index (χ3n) is 2.16. The molecule has 0 bridgehead atoms. The zero-order valence-corrected chi connectivity index (χ0v) is 10.8. The van der Waals surface area contributed by atoms with E-state index in [2.05, 4.69) is 15.3 Å². The molecule has 0 aromatic rings. The van der Waals surface area contributed by atoms with Gasteiger partial charge in [-0.3, -0.25) is 9.79 Å². The first-order valence-electron chi connectivity index (χ1n) is 5.50. The van der Waals surface area contributed by atoms with Crippen LogP contribution in [0.5, 0.6) is 0 Å². The largest absolute Gasteiger partial charge is 0.310 e. The summed E-state index contributed by atoms with van der Waals surface area (Å²) in [5.41, 5.74) is 0.690. The maximum Gasteiger partial charge on any atom is 0.251 e. The Kier molecular flexibility index (Phi) is 7.09. The molecule has 0 spiro atoms. The number of nitrogens with zero attached hydrogens (tertiary/aromatic N) is 2. The van der Waals surface area contributed by atoms with Crippen molar-refractivity contribution < 1.29 is 4.79 Å². The number of nitrogens with one attached hydrogen (secondary N) is 1. The van der Waals surface area contributed by atoms with E-state index in [0.717, 1.165) is 12.8 Å². The van der Waals surface area contributed by atoms with Gasteiger partial charge < -0.3 is 5.32 Å². The fourth-order valence-electron chi connectivity index (χ4n) is 0.989. The summed E-state index contributed by atoms with van der Waals surface area (Å²) >= 11 is 0. The van der Waals surface area contributed by atoms with Gasteiger partial charge in [-0.05, 0) is 27.2 Å². The molecule has 4 heteroatoms. The average Bonchev–Trinajstić information content (AvgIpc) is 2.27. The van der Waals surface area contributed by atoms with Gasteiger partial charge in [-0.2, -0.15) is 0 Å². The number of amides is 1. The van der Waals surface area contributed by atoms with Gasteiger partial charge in [-0.1, -0.05) is 13.0 Å². The molecule has 1 amide bonds. The van der Waals surface area contributed by atoms with Crippen molar-refractivity contribution in [1.82, 2.24) is 5.32 Å². The summed E-state index contributed by atoms with van der Waals surface area (Å²) in [4.78, 5) is 19.8. The molecule has 16 heavy (non-hydrogen) atoms. The van der Waals surface area contributed by atoms with Gasteiger partial charge in [0.15, 0.2) is 0 Å². The molecule has 0 aliphatic carbocycles. The molecule has 0 aliphatic heterocycles. The Balaban J connectivity index is 4.70. The van der Waals surface area contributed by atoms with E-state index < -0.39 is 0 Å². The summed E-state index contributed by atoms with van der Waals surface area (Å²) in [7, 11) is 1.68. The highest BCUT2D eigenvalue weighted by atomic mass is 16.1. The highest BCUT2D eigenvalue weighted by Crippen LogP contribution is 1.96. The predicted octanol–water partition coefficient (Wildman–Crippen LogP) is 2.32. The molecule has 0 aromatic carbocycles.